The molecule has 0 spiro atoms. The van der Waals surface area contributed by atoms with Gasteiger partial charge in [0, 0.05) is 24.2 Å². The third-order valence-electron chi connectivity index (χ3n) is 2.04. The van der Waals surface area contributed by atoms with Gasteiger partial charge in [-0.25, -0.2) is 9.97 Å². The highest BCUT2D eigenvalue weighted by atomic mass is 16.4. The van der Waals surface area contributed by atoms with Crippen LogP contribution in [0.3, 0.4) is 0 Å². The fourth-order valence-electron chi connectivity index (χ4n) is 1.36. The molecule has 2 aromatic heterocycles. The molecule has 0 bridgehead atoms. The molecule has 0 saturated heterocycles. The molecule has 2 heterocycles. The second-order valence-corrected chi connectivity index (χ2v) is 3.23. The van der Waals surface area contributed by atoms with E-state index in [9.17, 15) is 4.79 Å². The fraction of sp³-hybridized carbons (Fsp3) is 0.0909. The van der Waals surface area contributed by atoms with E-state index in [0.717, 1.165) is 11.1 Å². The minimum atomic E-state index is -0.894. The Bertz CT molecular complexity index is 500. The molecule has 2 aromatic rings. The van der Waals surface area contributed by atoms with E-state index in [-0.39, 0.29) is 6.42 Å². The predicted octanol–water partition coefficient (Wildman–Crippen LogP) is 1.17. The SMILES string of the molecule is O=C(O)Cc1cc(-c2cncnc2)ccn1. The van der Waals surface area contributed by atoms with Crippen LogP contribution in [0.4, 0.5) is 0 Å². The Morgan fingerprint density at radius 2 is 2.00 bits per heavy atom. The van der Waals surface area contributed by atoms with Gasteiger partial charge in [-0.2, -0.15) is 0 Å². The van der Waals surface area contributed by atoms with Crippen molar-refractivity contribution < 1.29 is 9.90 Å². The van der Waals surface area contributed by atoms with Gasteiger partial charge in [0.2, 0.25) is 0 Å². The lowest BCUT2D eigenvalue weighted by Gasteiger charge is -2.01. The van der Waals surface area contributed by atoms with Crippen LogP contribution in [0, 0.1) is 0 Å². The highest BCUT2D eigenvalue weighted by Gasteiger charge is 2.04. The molecule has 0 aliphatic carbocycles. The molecule has 0 atom stereocenters. The smallest absolute Gasteiger partial charge is 0.309 e. The Morgan fingerprint density at radius 3 is 2.69 bits per heavy atom. The summed E-state index contributed by atoms with van der Waals surface area (Å²) < 4.78 is 0. The molecular weight excluding hydrogens is 206 g/mol. The number of hydrogen-bond acceptors (Lipinski definition) is 4. The van der Waals surface area contributed by atoms with Crippen LogP contribution in [0.1, 0.15) is 5.69 Å². The monoisotopic (exact) mass is 215 g/mol. The summed E-state index contributed by atoms with van der Waals surface area (Å²) in [6.07, 6.45) is 6.30. The van der Waals surface area contributed by atoms with Crippen LogP contribution in [-0.4, -0.2) is 26.0 Å². The maximum atomic E-state index is 10.6. The van der Waals surface area contributed by atoms with Gasteiger partial charge in [-0.05, 0) is 17.7 Å². The summed E-state index contributed by atoms with van der Waals surface area (Å²) >= 11 is 0. The van der Waals surface area contributed by atoms with Crippen molar-refractivity contribution in [1.29, 1.82) is 0 Å². The van der Waals surface area contributed by atoms with Crippen molar-refractivity contribution in [2.24, 2.45) is 0 Å². The lowest BCUT2D eigenvalue weighted by Crippen LogP contribution is -2.02. The largest absolute Gasteiger partial charge is 0.481 e. The summed E-state index contributed by atoms with van der Waals surface area (Å²) in [6, 6.07) is 3.52. The first kappa shape index (κ1) is 10.2. The van der Waals surface area contributed by atoms with Gasteiger partial charge in [0.05, 0.1) is 12.1 Å². The third-order valence-corrected chi connectivity index (χ3v) is 2.04. The van der Waals surface area contributed by atoms with E-state index in [1.807, 2.05) is 0 Å². The summed E-state index contributed by atoms with van der Waals surface area (Å²) in [4.78, 5) is 22.3. The van der Waals surface area contributed by atoms with E-state index in [1.165, 1.54) is 6.33 Å². The second-order valence-electron chi connectivity index (χ2n) is 3.23. The van der Waals surface area contributed by atoms with E-state index in [0.29, 0.717) is 5.69 Å². The van der Waals surface area contributed by atoms with E-state index < -0.39 is 5.97 Å². The minimum Gasteiger partial charge on any atom is -0.481 e. The first-order valence-corrected chi connectivity index (χ1v) is 4.68. The molecule has 5 nitrogen and oxygen atoms in total. The van der Waals surface area contributed by atoms with Gasteiger partial charge in [0.1, 0.15) is 6.33 Å². The number of aromatic nitrogens is 3. The molecule has 16 heavy (non-hydrogen) atoms. The summed E-state index contributed by atoms with van der Waals surface area (Å²) in [5.74, 6) is -0.894. The van der Waals surface area contributed by atoms with Crippen molar-refractivity contribution in [2.45, 2.75) is 6.42 Å². The highest BCUT2D eigenvalue weighted by Crippen LogP contribution is 2.17. The molecule has 0 fully saturated rings. The van der Waals surface area contributed by atoms with Crippen LogP contribution in [0.15, 0.2) is 37.1 Å². The average molecular weight is 215 g/mol. The number of rotatable bonds is 3. The lowest BCUT2D eigenvalue weighted by molar-refractivity contribution is -0.136. The van der Waals surface area contributed by atoms with E-state index in [2.05, 4.69) is 15.0 Å². The number of nitrogens with zero attached hydrogens (tertiary/aromatic N) is 3. The Morgan fingerprint density at radius 1 is 1.25 bits per heavy atom. The standard InChI is InChI=1S/C11H9N3O2/c15-11(16)4-10-3-8(1-2-14-10)9-5-12-7-13-6-9/h1-3,5-7H,4H2,(H,15,16). The van der Waals surface area contributed by atoms with Crippen LogP contribution >= 0.6 is 0 Å². The number of hydrogen-bond donors (Lipinski definition) is 1. The van der Waals surface area contributed by atoms with Crippen molar-refractivity contribution in [1.82, 2.24) is 15.0 Å². The zero-order valence-corrected chi connectivity index (χ0v) is 8.37. The topological polar surface area (TPSA) is 76.0 Å². The zero-order chi connectivity index (χ0) is 11.4. The van der Waals surface area contributed by atoms with Crippen LogP contribution in [-0.2, 0) is 11.2 Å². The van der Waals surface area contributed by atoms with Crippen molar-refractivity contribution in [3.63, 3.8) is 0 Å². The van der Waals surface area contributed by atoms with Crippen LogP contribution < -0.4 is 0 Å². The molecule has 1 N–H and O–H groups in total. The highest BCUT2D eigenvalue weighted by molar-refractivity contribution is 5.70. The van der Waals surface area contributed by atoms with E-state index in [4.69, 9.17) is 5.11 Å². The summed E-state index contributed by atoms with van der Waals surface area (Å²) in [5.41, 5.74) is 2.23. The Kier molecular flexibility index (Phi) is 2.86. The van der Waals surface area contributed by atoms with Crippen molar-refractivity contribution >= 4 is 5.97 Å². The van der Waals surface area contributed by atoms with Crippen LogP contribution in [0.5, 0.6) is 0 Å². The predicted molar refractivity (Wildman–Crippen MR) is 56.6 cm³/mol. The third kappa shape index (κ3) is 2.38. The average Bonchev–Trinajstić information content (AvgIpc) is 2.30. The van der Waals surface area contributed by atoms with E-state index >= 15 is 0 Å². The van der Waals surface area contributed by atoms with E-state index in [1.54, 1.807) is 30.7 Å². The van der Waals surface area contributed by atoms with Gasteiger partial charge in [-0.3, -0.25) is 9.78 Å². The number of pyridine rings is 1. The second kappa shape index (κ2) is 4.48. The molecule has 0 aliphatic rings. The molecule has 0 amide bonds. The van der Waals surface area contributed by atoms with Gasteiger partial charge in [0.15, 0.2) is 0 Å². The molecule has 5 heteroatoms. The van der Waals surface area contributed by atoms with Gasteiger partial charge >= 0.3 is 5.97 Å². The van der Waals surface area contributed by atoms with Crippen molar-refractivity contribution in [3.8, 4) is 11.1 Å². The minimum absolute atomic E-state index is 0.0818. The number of carboxylic acids is 1. The Labute approximate surface area is 91.8 Å². The Balaban J connectivity index is 2.33. The molecule has 0 saturated carbocycles. The summed E-state index contributed by atoms with van der Waals surface area (Å²) in [7, 11) is 0. The fourth-order valence-corrected chi connectivity index (χ4v) is 1.36. The van der Waals surface area contributed by atoms with Gasteiger partial charge in [0.25, 0.3) is 0 Å². The van der Waals surface area contributed by atoms with Gasteiger partial charge in [-0.15, -0.1) is 0 Å². The van der Waals surface area contributed by atoms with Crippen molar-refractivity contribution in [3.05, 3.63) is 42.7 Å². The molecule has 80 valence electrons. The summed E-state index contributed by atoms with van der Waals surface area (Å²) in [6.45, 7) is 0. The first-order valence-electron chi connectivity index (χ1n) is 4.68. The lowest BCUT2D eigenvalue weighted by atomic mass is 10.1. The number of carboxylic acid groups (broad SMARTS) is 1. The molecule has 0 unspecified atom stereocenters. The zero-order valence-electron chi connectivity index (χ0n) is 8.37. The van der Waals surface area contributed by atoms with Crippen LogP contribution in [0.25, 0.3) is 11.1 Å². The molecule has 0 aliphatic heterocycles. The Hall–Kier alpha value is -2.30. The maximum Gasteiger partial charge on any atom is 0.309 e. The quantitative estimate of drug-likeness (QED) is 0.831. The normalized spacial score (nSPS) is 10.0. The number of carbonyl (C=O) groups is 1. The first-order chi connectivity index (χ1) is 7.75. The van der Waals surface area contributed by atoms with Crippen LogP contribution in [0.2, 0.25) is 0 Å². The van der Waals surface area contributed by atoms with Gasteiger partial charge < -0.3 is 5.11 Å². The molecule has 0 aromatic carbocycles. The van der Waals surface area contributed by atoms with Crippen molar-refractivity contribution in [2.75, 3.05) is 0 Å². The molecular formula is C11H9N3O2. The molecule has 0 radical (unpaired) electrons. The molecule has 2 rings (SSSR count). The maximum absolute atomic E-state index is 10.6. The van der Waals surface area contributed by atoms with Gasteiger partial charge in [-0.1, -0.05) is 0 Å². The number of aliphatic carboxylic acids is 1. The summed E-state index contributed by atoms with van der Waals surface area (Å²) in [5, 5.41) is 8.66.